The van der Waals surface area contributed by atoms with Crippen LogP contribution in [0.3, 0.4) is 0 Å². The molecule has 1 aromatic carbocycles. The fourth-order valence-electron chi connectivity index (χ4n) is 3.56. The van der Waals surface area contributed by atoms with Crippen molar-refractivity contribution in [2.24, 2.45) is 5.92 Å². The molecule has 3 atom stereocenters. The minimum Gasteiger partial charge on any atom is -0.481 e. The zero-order chi connectivity index (χ0) is 20.7. The van der Waals surface area contributed by atoms with Gasteiger partial charge in [-0.25, -0.2) is 0 Å². The van der Waals surface area contributed by atoms with Crippen LogP contribution < -0.4 is 15.5 Å². The van der Waals surface area contributed by atoms with E-state index in [2.05, 4.69) is 10.6 Å². The summed E-state index contributed by atoms with van der Waals surface area (Å²) in [7, 11) is 3.80. The van der Waals surface area contributed by atoms with Crippen LogP contribution in [0.5, 0.6) is 0 Å². The van der Waals surface area contributed by atoms with Crippen LogP contribution >= 0.6 is 0 Å². The van der Waals surface area contributed by atoms with Crippen molar-refractivity contribution < 1.29 is 19.5 Å². The first-order valence-electron chi connectivity index (χ1n) is 9.95. The van der Waals surface area contributed by atoms with E-state index >= 15 is 0 Å². The summed E-state index contributed by atoms with van der Waals surface area (Å²) in [4.78, 5) is 38.8. The van der Waals surface area contributed by atoms with Crippen molar-refractivity contribution in [3.8, 4) is 0 Å². The normalized spacial score (nSPS) is 19.7. The summed E-state index contributed by atoms with van der Waals surface area (Å²) in [5, 5.41) is 15.0. The number of amides is 2. The van der Waals surface area contributed by atoms with Gasteiger partial charge in [-0.1, -0.05) is 32.3 Å². The predicted molar refractivity (Wildman–Crippen MR) is 108 cm³/mol. The Morgan fingerprint density at radius 3 is 2.64 bits per heavy atom. The first kappa shape index (κ1) is 21.7. The Labute approximate surface area is 166 Å². The predicted octanol–water partition coefficient (Wildman–Crippen LogP) is 2.41. The fraction of sp³-hybridized carbons (Fsp3) is 0.571. The Balaban J connectivity index is 2.07. The summed E-state index contributed by atoms with van der Waals surface area (Å²) in [6, 6.07) is 6.16. The van der Waals surface area contributed by atoms with Gasteiger partial charge in [0.2, 0.25) is 5.91 Å². The van der Waals surface area contributed by atoms with E-state index in [0.29, 0.717) is 24.8 Å². The molecule has 1 fully saturated rings. The molecule has 0 spiro atoms. The van der Waals surface area contributed by atoms with Gasteiger partial charge < -0.3 is 20.6 Å². The van der Waals surface area contributed by atoms with Gasteiger partial charge in [-0.15, -0.1) is 0 Å². The highest BCUT2D eigenvalue weighted by Crippen LogP contribution is 2.26. The third-order valence-electron chi connectivity index (χ3n) is 5.25. The van der Waals surface area contributed by atoms with Gasteiger partial charge >= 0.3 is 5.97 Å². The Morgan fingerprint density at radius 2 is 2.00 bits per heavy atom. The first-order valence-corrected chi connectivity index (χ1v) is 9.95. The lowest BCUT2D eigenvalue weighted by molar-refractivity contribution is -0.142. The second-order valence-electron chi connectivity index (χ2n) is 7.60. The molecule has 1 saturated carbocycles. The molecule has 0 bridgehead atoms. The van der Waals surface area contributed by atoms with Crippen molar-refractivity contribution in [1.29, 1.82) is 0 Å². The Morgan fingerprint density at radius 1 is 1.25 bits per heavy atom. The molecular formula is C21H31N3O4. The number of benzene rings is 1. The summed E-state index contributed by atoms with van der Waals surface area (Å²) >= 11 is 0. The highest BCUT2D eigenvalue weighted by Gasteiger charge is 2.35. The van der Waals surface area contributed by atoms with Crippen molar-refractivity contribution in [1.82, 2.24) is 10.6 Å². The van der Waals surface area contributed by atoms with Crippen LogP contribution in [0.2, 0.25) is 0 Å². The number of carboxylic acid groups (broad SMARTS) is 1. The molecule has 0 radical (unpaired) electrons. The second-order valence-corrected chi connectivity index (χ2v) is 7.60. The lowest BCUT2D eigenvalue weighted by atomic mass is 10.0. The number of carboxylic acids is 1. The van der Waals surface area contributed by atoms with E-state index in [1.54, 1.807) is 18.2 Å². The monoisotopic (exact) mass is 389 g/mol. The summed E-state index contributed by atoms with van der Waals surface area (Å²) in [5.74, 6) is -2.04. The highest BCUT2D eigenvalue weighted by atomic mass is 16.4. The van der Waals surface area contributed by atoms with Gasteiger partial charge in [0.05, 0.1) is 5.92 Å². The number of carbonyl (C=O) groups is 3. The molecule has 0 unspecified atom stereocenters. The number of rotatable bonds is 9. The largest absolute Gasteiger partial charge is 0.481 e. The van der Waals surface area contributed by atoms with Crippen LogP contribution in [-0.4, -0.2) is 49.1 Å². The minimum absolute atomic E-state index is 0.302. The van der Waals surface area contributed by atoms with E-state index in [0.717, 1.165) is 24.9 Å². The van der Waals surface area contributed by atoms with Crippen LogP contribution in [0.15, 0.2) is 24.3 Å². The summed E-state index contributed by atoms with van der Waals surface area (Å²) in [6.45, 7) is 2.02. The summed E-state index contributed by atoms with van der Waals surface area (Å²) in [6.07, 6.45) is 4.23. The lowest BCUT2D eigenvalue weighted by Crippen LogP contribution is -2.51. The quantitative estimate of drug-likeness (QED) is 0.602. The second kappa shape index (κ2) is 10.1. The average Bonchev–Trinajstić information content (AvgIpc) is 3.13. The molecule has 0 saturated heterocycles. The van der Waals surface area contributed by atoms with E-state index < -0.39 is 17.9 Å². The van der Waals surface area contributed by atoms with Crippen LogP contribution in [0.1, 0.15) is 55.8 Å². The number of hydrogen-bond acceptors (Lipinski definition) is 4. The number of anilines is 1. The Bertz CT molecular complexity index is 705. The van der Waals surface area contributed by atoms with Gasteiger partial charge in [-0.05, 0) is 37.5 Å². The molecule has 0 aromatic heterocycles. The van der Waals surface area contributed by atoms with E-state index in [1.807, 2.05) is 32.0 Å². The van der Waals surface area contributed by atoms with Crippen molar-refractivity contribution in [3.05, 3.63) is 29.8 Å². The lowest BCUT2D eigenvalue weighted by Gasteiger charge is -2.23. The third kappa shape index (κ3) is 5.71. The fourth-order valence-corrected chi connectivity index (χ4v) is 3.56. The first-order chi connectivity index (χ1) is 13.3. The van der Waals surface area contributed by atoms with Gasteiger partial charge in [0.15, 0.2) is 0 Å². The van der Waals surface area contributed by atoms with Gasteiger partial charge in [-0.2, -0.15) is 0 Å². The summed E-state index contributed by atoms with van der Waals surface area (Å²) in [5.41, 5.74) is 1.39. The number of nitrogens with one attached hydrogen (secondary N) is 2. The zero-order valence-corrected chi connectivity index (χ0v) is 16.9. The number of nitrogens with zero attached hydrogens (tertiary/aromatic N) is 1. The SMILES string of the molecule is CCCC[C@H](NC(=O)c1cccc(N(C)C)c1)C(=O)N[C@H]1CCC[C@H]1C(=O)O. The van der Waals surface area contributed by atoms with Crippen molar-refractivity contribution >= 4 is 23.5 Å². The third-order valence-corrected chi connectivity index (χ3v) is 5.25. The van der Waals surface area contributed by atoms with Crippen LogP contribution in [0, 0.1) is 5.92 Å². The molecule has 2 rings (SSSR count). The topological polar surface area (TPSA) is 98.7 Å². The smallest absolute Gasteiger partial charge is 0.308 e. The molecule has 28 heavy (non-hydrogen) atoms. The van der Waals surface area contributed by atoms with Gasteiger partial charge in [0, 0.05) is 31.4 Å². The number of aliphatic carboxylic acids is 1. The maximum absolute atomic E-state index is 12.8. The molecule has 7 nitrogen and oxygen atoms in total. The maximum Gasteiger partial charge on any atom is 0.308 e. The molecule has 7 heteroatoms. The van der Waals surface area contributed by atoms with Crippen molar-refractivity contribution in [2.75, 3.05) is 19.0 Å². The molecule has 2 amide bonds. The Hall–Kier alpha value is -2.57. The van der Waals surface area contributed by atoms with Crippen LogP contribution in [0.4, 0.5) is 5.69 Å². The molecule has 1 aliphatic carbocycles. The highest BCUT2D eigenvalue weighted by molar-refractivity contribution is 5.98. The molecule has 1 aromatic rings. The number of carbonyl (C=O) groups excluding carboxylic acids is 2. The van der Waals surface area contributed by atoms with Gasteiger partial charge in [0.25, 0.3) is 5.91 Å². The van der Waals surface area contributed by atoms with E-state index in [-0.39, 0.29) is 17.9 Å². The molecule has 0 heterocycles. The summed E-state index contributed by atoms with van der Waals surface area (Å²) < 4.78 is 0. The van der Waals surface area contributed by atoms with Gasteiger partial charge in [0.1, 0.15) is 6.04 Å². The standard InChI is InChI=1S/C21H31N3O4/c1-4-5-11-18(20(26)22-17-12-7-10-16(17)21(27)28)23-19(25)14-8-6-9-15(13-14)24(2)3/h6,8-9,13,16-18H,4-5,7,10-12H2,1-3H3,(H,22,26)(H,23,25)(H,27,28)/t16-,17+,18+/m1/s1. The van der Waals surface area contributed by atoms with E-state index in [9.17, 15) is 19.5 Å². The van der Waals surface area contributed by atoms with Crippen molar-refractivity contribution in [2.45, 2.75) is 57.5 Å². The van der Waals surface area contributed by atoms with Crippen LogP contribution in [-0.2, 0) is 9.59 Å². The molecule has 3 N–H and O–H groups in total. The minimum atomic E-state index is -0.877. The van der Waals surface area contributed by atoms with E-state index in [4.69, 9.17) is 0 Å². The molecule has 0 aliphatic heterocycles. The van der Waals surface area contributed by atoms with Gasteiger partial charge in [-0.3, -0.25) is 14.4 Å². The van der Waals surface area contributed by atoms with Crippen LogP contribution in [0.25, 0.3) is 0 Å². The molecule has 1 aliphatic rings. The average molecular weight is 389 g/mol. The molecule has 154 valence electrons. The maximum atomic E-state index is 12.8. The number of unbranched alkanes of at least 4 members (excludes halogenated alkanes) is 1. The van der Waals surface area contributed by atoms with E-state index in [1.165, 1.54) is 0 Å². The molecular weight excluding hydrogens is 358 g/mol. The number of hydrogen-bond donors (Lipinski definition) is 3. The van der Waals surface area contributed by atoms with Crippen molar-refractivity contribution in [3.63, 3.8) is 0 Å². The Kier molecular flexibility index (Phi) is 7.84. The zero-order valence-electron chi connectivity index (χ0n) is 16.9.